The first-order valence-electron chi connectivity index (χ1n) is 8.63. The lowest BCUT2D eigenvalue weighted by atomic mass is 10.1. The lowest BCUT2D eigenvalue weighted by Crippen LogP contribution is -2.36. The number of H-pyrrole nitrogens is 1. The molecular weight excluding hydrogens is 310 g/mol. The Bertz CT molecular complexity index is 911. The maximum atomic E-state index is 12.5. The summed E-state index contributed by atoms with van der Waals surface area (Å²) in [4.78, 5) is 18.1. The first kappa shape index (κ1) is 15.5. The molecule has 0 atom stereocenters. The highest BCUT2D eigenvalue weighted by Crippen LogP contribution is 2.28. The van der Waals surface area contributed by atoms with Gasteiger partial charge in [0.2, 0.25) is 5.91 Å². The summed E-state index contributed by atoms with van der Waals surface area (Å²) in [5.41, 5.74) is 4.24. The van der Waals surface area contributed by atoms with Crippen LogP contribution >= 0.6 is 0 Å². The minimum absolute atomic E-state index is 0.0217. The summed E-state index contributed by atoms with van der Waals surface area (Å²) in [6.07, 6.45) is 4.98. The Morgan fingerprint density at radius 1 is 1.08 bits per heavy atom. The Kier molecular flexibility index (Phi) is 4.25. The number of carbonyl (C=O) groups excluding carboxylic acids is 1. The lowest BCUT2D eigenvalue weighted by Gasteiger charge is -2.28. The number of aromatic amines is 1. The van der Waals surface area contributed by atoms with E-state index in [0.29, 0.717) is 13.1 Å². The van der Waals surface area contributed by atoms with Crippen molar-refractivity contribution in [1.29, 1.82) is 0 Å². The molecule has 4 nitrogen and oxygen atoms in total. The van der Waals surface area contributed by atoms with Crippen LogP contribution in [-0.2, 0) is 11.3 Å². The largest absolute Gasteiger partial charge is 0.365 e. The van der Waals surface area contributed by atoms with Gasteiger partial charge in [-0.1, -0.05) is 54.6 Å². The minimum Gasteiger partial charge on any atom is -0.365 e. The molecule has 2 heterocycles. The number of amides is 1. The number of carbonyl (C=O) groups is 1. The molecule has 1 aliphatic rings. The van der Waals surface area contributed by atoms with E-state index in [1.807, 2.05) is 48.7 Å². The van der Waals surface area contributed by atoms with Gasteiger partial charge in [0.05, 0.1) is 5.69 Å². The zero-order valence-electron chi connectivity index (χ0n) is 14.0. The van der Waals surface area contributed by atoms with Crippen LogP contribution in [0.2, 0.25) is 0 Å². The number of benzene rings is 2. The monoisotopic (exact) mass is 331 g/mol. The second-order valence-corrected chi connectivity index (χ2v) is 6.33. The normalized spacial score (nSPS) is 14.4. The van der Waals surface area contributed by atoms with Gasteiger partial charge in [-0.2, -0.15) is 0 Å². The van der Waals surface area contributed by atoms with Crippen molar-refractivity contribution in [3.63, 3.8) is 0 Å². The SMILES string of the molecule is O=C(NCc1ccccc1)C1=CCCN(c2c[nH]c3ccccc23)C1. The van der Waals surface area contributed by atoms with Crippen molar-refractivity contribution >= 4 is 22.5 Å². The number of nitrogens with zero attached hydrogens (tertiary/aromatic N) is 1. The third-order valence-electron chi connectivity index (χ3n) is 4.65. The van der Waals surface area contributed by atoms with Crippen molar-refractivity contribution in [2.75, 3.05) is 18.0 Å². The molecule has 0 radical (unpaired) electrons. The third-order valence-corrected chi connectivity index (χ3v) is 4.65. The first-order chi connectivity index (χ1) is 12.3. The molecule has 4 rings (SSSR count). The highest BCUT2D eigenvalue weighted by atomic mass is 16.1. The van der Waals surface area contributed by atoms with Crippen LogP contribution in [0.5, 0.6) is 0 Å². The highest BCUT2D eigenvalue weighted by molar-refractivity contribution is 5.97. The molecule has 1 amide bonds. The number of aromatic nitrogens is 1. The van der Waals surface area contributed by atoms with E-state index in [4.69, 9.17) is 0 Å². The number of nitrogens with one attached hydrogen (secondary N) is 2. The molecule has 1 aliphatic heterocycles. The van der Waals surface area contributed by atoms with Crippen LogP contribution < -0.4 is 10.2 Å². The predicted octanol–water partition coefficient (Wildman–Crippen LogP) is 3.62. The van der Waals surface area contributed by atoms with E-state index < -0.39 is 0 Å². The van der Waals surface area contributed by atoms with Gasteiger partial charge in [0.1, 0.15) is 0 Å². The average molecular weight is 331 g/mol. The van der Waals surface area contributed by atoms with Crippen LogP contribution in [0.4, 0.5) is 5.69 Å². The van der Waals surface area contributed by atoms with E-state index in [1.54, 1.807) is 0 Å². The fraction of sp³-hybridized carbons (Fsp3) is 0.190. The molecule has 0 fully saturated rings. The van der Waals surface area contributed by atoms with Crippen LogP contribution in [0.25, 0.3) is 10.9 Å². The van der Waals surface area contributed by atoms with Gasteiger partial charge in [-0.15, -0.1) is 0 Å². The molecular formula is C21H21N3O. The summed E-state index contributed by atoms with van der Waals surface area (Å²) < 4.78 is 0. The summed E-state index contributed by atoms with van der Waals surface area (Å²) >= 11 is 0. The molecule has 126 valence electrons. The molecule has 0 saturated carbocycles. The Balaban J connectivity index is 1.45. The first-order valence-corrected chi connectivity index (χ1v) is 8.63. The van der Waals surface area contributed by atoms with Crippen LogP contribution in [0, 0.1) is 0 Å². The zero-order chi connectivity index (χ0) is 17.1. The van der Waals surface area contributed by atoms with Crippen molar-refractivity contribution in [3.8, 4) is 0 Å². The molecule has 0 aliphatic carbocycles. The van der Waals surface area contributed by atoms with E-state index >= 15 is 0 Å². The zero-order valence-corrected chi connectivity index (χ0v) is 14.0. The van der Waals surface area contributed by atoms with Gasteiger partial charge in [0, 0.05) is 42.3 Å². The molecule has 4 heteroatoms. The van der Waals surface area contributed by atoms with Crippen LogP contribution in [0.15, 0.2) is 72.4 Å². The molecule has 0 bridgehead atoms. The Hall–Kier alpha value is -3.01. The van der Waals surface area contributed by atoms with E-state index in [2.05, 4.69) is 33.4 Å². The molecule has 3 aromatic rings. The fourth-order valence-electron chi connectivity index (χ4n) is 3.32. The second-order valence-electron chi connectivity index (χ2n) is 6.33. The molecule has 2 N–H and O–H groups in total. The molecule has 0 saturated heterocycles. The standard InChI is InChI=1S/C21H21N3O/c25-21(23-13-16-7-2-1-3-8-16)17-9-6-12-24(15-17)20-14-22-19-11-5-4-10-18(19)20/h1-5,7-11,14,22H,6,12-13,15H2,(H,23,25). The van der Waals surface area contributed by atoms with Crippen LogP contribution in [-0.4, -0.2) is 24.0 Å². The predicted molar refractivity (Wildman–Crippen MR) is 102 cm³/mol. The van der Waals surface area contributed by atoms with E-state index in [9.17, 15) is 4.79 Å². The quantitative estimate of drug-likeness (QED) is 0.767. The number of para-hydroxylation sites is 1. The van der Waals surface area contributed by atoms with Gasteiger partial charge >= 0.3 is 0 Å². The van der Waals surface area contributed by atoms with Gasteiger partial charge in [-0.05, 0) is 18.1 Å². The highest BCUT2D eigenvalue weighted by Gasteiger charge is 2.20. The summed E-state index contributed by atoms with van der Waals surface area (Å²) in [6.45, 7) is 2.13. The Morgan fingerprint density at radius 2 is 1.88 bits per heavy atom. The number of anilines is 1. The van der Waals surface area contributed by atoms with Gasteiger partial charge in [-0.25, -0.2) is 0 Å². The summed E-state index contributed by atoms with van der Waals surface area (Å²) in [6, 6.07) is 18.3. The van der Waals surface area contributed by atoms with Crippen molar-refractivity contribution in [3.05, 3.63) is 78.0 Å². The van der Waals surface area contributed by atoms with Gasteiger partial charge in [0.25, 0.3) is 0 Å². The summed E-state index contributed by atoms with van der Waals surface area (Å²) in [5, 5.41) is 4.23. The third kappa shape index (κ3) is 3.29. The topological polar surface area (TPSA) is 48.1 Å². The molecule has 2 aromatic carbocycles. The van der Waals surface area contributed by atoms with Crippen LogP contribution in [0.1, 0.15) is 12.0 Å². The number of hydrogen-bond acceptors (Lipinski definition) is 2. The summed E-state index contributed by atoms with van der Waals surface area (Å²) in [5.74, 6) is 0.0217. The van der Waals surface area contributed by atoms with Crippen molar-refractivity contribution < 1.29 is 4.79 Å². The van der Waals surface area contributed by atoms with Crippen LogP contribution in [0.3, 0.4) is 0 Å². The van der Waals surface area contributed by atoms with Crippen molar-refractivity contribution in [1.82, 2.24) is 10.3 Å². The van der Waals surface area contributed by atoms with E-state index in [0.717, 1.165) is 35.3 Å². The van der Waals surface area contributed by atoms with E-state index in [1.165, 1.54) is 5.39 Å². The minimum atomic E-state index is 0.0217. The summed E-state index contributed by atoms with van der Waals surface area (Å²) in [7, 11) is 0. The maximum absolute atomic E-state index is 12.5. The number of hydrogen-bond donors (Lipinski definition) is 2. The number of rotatable bonds is 4. The Morgan fingerprint density at radius 3 is 2.76 bits per heavy atom. The average Bonchev–Trinajstić information content (AvgIpc) is 3.11. The van der Waals surface area contributed by atoms with E-state index in [-0.39, 0.29) is 5.91 Å². The van der Waals surface area contributed by atoms with Gasteiger partial charge < -0.3 is 15.2 Å². The Labute approximate surface area is 147 Å². The lowest BCUT2D eigenvalue weighted by molar-refractivity contribution is -0.117. The molecule has 0 spiro atoms. The maximum Gasteiger partial charge on any atom is 0.248 e. The molecule has 25 heavy (non-hydrogen) atoms. The second kappa shape index (κ2) is 6.85. The smallest absolute Gasteiger partial charge is 0.248 e. The van der Waals surface area contributed by atoms with Gasteiger partial charge in [-0.3, -0.25) is 4.79 Å². The van der Waals surface area contributed by atoms with Crippen molar-refractivity contribution in [2.45, 2.75) is 13.0 Å². The molecule has 1 aromatic heterocycles. The number of fused-ring (bicyclic) bond motifs is 1. The van der Waals surface area contributed by atoms with Gasteiger partial charge in [0.15, 0.2) is 0 Å². The fourth-order valence-corrected chi connectivity index (χ4v) is 3.32. The van der Waals surface area contributed by atoms with Crippen molar-refractivity contribution in [2.24, 2.45) is 0 Å². The molecule has 0 unspecified atom stereocenters.